The predicted molar refractivity (Wildman–Crippen MR) is 512 cm³/mol. The summed E-state index contributed by atoms with van der Waals surface area (Å²) in [5.74, 6) is 1.87. The number of ether oxygens (including phenoxy) is 1. The zero-order valence-electron chi connectivity index (χ0n) is 45.8. The van der Waals surface area contributed by atoms with Gasteiger partial charge in [0, 0.05) is 34.2 Å². The molecule has 0 amide bonds. The Morgan fingerprint density at radius 2 is 0.795 bits per heavy atom. The van der Waals surface area contributed by atoms with Crippen molar-refractivity contribution in [2.45, 2.75) is 7.43 Å². The van der Waals surface area contributed by atoms with Crippen molar-refractivity contribution in [2.24, 2.45) is 14.1 Å². The molecule has 22 atom stereocenters. The molecule has 0 aliphatic carbocycles. The lowest BCUT2D eigenvalue weighted by atomic mass is 10.1. The first-order valence-corrected chi connectivity index (χ1v) is 89.8. The summed E-state index contributed by atoms with van der Waals surface area (Å²) < 4.78 is 11.0. The van der Waals surface area contributed by atoms with Crippen LogP contribution in [0.25, 0.3) is 77.3 Å². The number of methoxy groups -OCH3 is 1. The average Bonchev–Trinajstić information content (AvgIpc) is 2.43. The quantitative estimate of drug-likeness (QED) is 0.0485. The van der Waals surface area contributed by atoms with E-state index >= 15 is 0 Å². The Morgan fingerprint density at radius 3 is 1.15 bits per heavy atom. The molecule has 0 spiro atoms. The summed E-state index contributed by atoms with van der Waals surface area (Å²) in [4.78, 5) is 22.5. The van der Waals surface area contributed by atoms with Crippen molar-refractivity contribution in [3.63, 3.8) is 0 Å². The number of hydrogen-bond acceptors (Lipinski definition) is 6. The number of halogens is 2. The second-order valence-electron chi connectivity index (χ2n) is 17.0. The van der Waals surface area contributed by atoms with Gasteiger partial charge in [0.05, 0.1) is 42.3 Å². The lowest BCUT2D eigenvalue weighted by molar-refractivity contribution is 0.417. The van der Waals surface area contributed by atoms with Gasteiger partial charge in [0.25, 0.3) is 0 Å². The molecule has 0 radical (unpaired) electrons. The summed E-state index contributed by atoms with van der Waals surface area (Å²) in [6.07, 6.45) is 0. The van der Waals surface area contributed by atoms with Gasteiger partial charge in [-0.2, -0.15) is 10.2 Å². The van der Waals surface area contributed by atoms with Crippen molar-refractivity contribution in [1.82, 2.24) is 39.5 Å². The van der Waals surface area contributed by atoms with Crippen molar-refractivity contribution >= 4 is 354 Å². The first-order valence-electron chi connectivity index (χ1n) is 23.4. The van der Waals surface area contributed by atoms with E-state index in [9.17, 15) is 5.11 Å². The van der Waals surface area contributed by atoms with Gasteiger partial charge >= 0.3 is 0 Å². The Morgan fingerprint density at radius 1 is 0.466 bits per heavy atom. The maximum absolute atomic E-state index is 10.7. The van der Waals surface area contributed by atoms with Gasteiger partial charge in [-0.05, 0) is 167 Å². The number of fused-ring (bicyclic) bond motifs is 2. The first kappa shape index (κ1) is 87.9. The Balaban J connectivity index is 0.000000243. The number of aromatic amines is 2. The summed E-state index contributed by atoms with van der Waals surface area (Å²) in [5, 5.41) is 19.8. The van der Waals surface area contributed by atoms with E-state index in [1.807, 2.05) is 61.6 Å². The summed E-state index contributed by atoms with van der Waals surface area (Å²) in [6, 6.07) is 26.1. The van der Waals surface area contributed by atoms with E-state index in [0.29, 0.717) is 40.2 Å². The molecule has 4 aromatic heterocycles. The van der Waals surface area contributed by atoms with E-state index in [-0.39, 0.29) is 132 Å². The minimum atomic E-state index is -0.108. The molecule has 50 heteroatoms. The summed E-state index contributed by atoms with van der Waals surface area (Å²) in [7, 11) is 68.9. The molecule has 0 bridgehead atoms. The van der Waals surface area contributed by atoms with Gasteiger partial charge in [0.15, 0.2) is 34.5 Å². The first-order chi connectivity index (χ1) is 41.0. The van der Waals surface area contributed by atoms with E-state index in [0.717, 1.165) is 53.5 Å². The third-order valence-electron chi connectivity index (χ3n) is 11.1. The molecule has 3 N–H and O–H groups in total. The molecule has 476 valence electrons. The molecule has 8 rings (SSSR count). The monoisotopic (exact) mass is 1970 g/mol. The minimum absolute atomic E-state index is 0. The molecule has 0 saturated carbocycles. The Labute approximate surface area is 598 Å². The highest BCUT2D eigenvalue weighted by Crippen LogP contribution is 3.41. The third kappa shape index (κ3) is 23.6. The van der Waals surface area contributed by atoms with Crippen LogP contribution >= 0.6 is 320 Å². The van der Waals surface area contributed by atoms with Crippen molar-refractivity contribution in [2.75, 3.05) is 7.11 Å². The predicted octanol–water partition coefficient (Wildman–Crippen LogP) is 31.1. The summed E-state index contributed by atoms with van der Waals surface area (Å²) in [5.41, 5.74) is 8.45. The maximum Gasteiger partial charge on any atom is 0.189 e. The van der Waals surface area contributed by atoms with E-state index < -0.39 is 0 Å². The van der Waals surface area contributed by atoms with Crippen molar-refractivity contribution < 1.29 is 9.84 Å². The Hall–Kier alpha value is 9.26. The topological polar surface area (TPSA) is 131 Å². The number of imidazole rings is 2. The van der Waals surface area contributed by atoms with Crippen LogP contribution in [-0.4, -0.2) is 51.7 Å². The highest BCUT2D eigenvalue weighted by atomic mass is 79.9. The molecule has 0 aliphatic rings. The second-order valence-corrected chi connectivity index (χ2v) is 165. The molecule has 8 aromatic rings. The number of nitrogens with zero attached hydrogens (tertiary/aromatic N) is 8. The van der Waals surface area contributed by atoms with Crippen LogP contribution in [0.1, 0.15) is 7.43 Å². The number of benzene rings is 4. The van der Waals surface area contributed by atoms with E-state index in [2.05, 4.69) is 241 Å². The van der Waals surface area contributed by atoms with Crippen molar-refractivity contribution in [3.05, 3.63) is 117 Å². The van der Waals surface area contributed by atoms with Crippen molar-refractivity contribution in [1.29, 1.82) is 0 Å². The fourth-order valence-corrected chi connectivity index (χ4v) is 486. The Bertz CT molecular complexity index is 3610. The fourth-order valence-electron chi connectivity index (χ4n) is 7.67. The molecule has 0 saturated heterocycles. The summed E-state index contributed by atoms with van der Waals surface area (Å²) in [6.45, 7) is 13.2. The van der Waals surface area contributed by atoms with Crippen LogP contribution in [0.4, 0.5) is 11.4 Å². The molecule has 88 heavy (non-hydrogen) atoms. The number of hydrogen-bond donors (Lipinski definition) is 3. The molecular formula is C38H68Br2N10O2P36. The zero-order valence-corrected chi connectivity index (χ0v) is 86.2. The summed E-state index contributed by atoms with van der Waals surface area (Å²) >= 11 is 6.85. The standard InChI is InChI=1S/C19H14BrN5O.C18H12BrN5O.CH4.H38P36/c1-21-13-8-9-14-15(10-13)23-19(22-14)17-18(26-3)16(24-25(17)2)11-4-6-12(20)7-5-11;1-20-12-7-8-13-14(9-12)22-18(21-13)16-17(25)15(23-24(16)2)10-3-5-11(19)6-4-10;;1-20(2)29(19)34(30(21(3)4)22(5)6)36(33(27(15)16)28(17)18)35(31(23(7)8)24(9)10)32(25(11)12)26(13)14/h4-10H,2-3H3,(H,22,23);3-9,25H,2H3,(H,21,22);1H4;1-19H2. The number of aryl methyl sites for hydroxylation is 2. The maximum atomic E-state index is 10.7. The van der Waals surface area contributed by atoms with Crippen molar-refractivity contribution in [3.8, 4) is 57.1 Å². The van der Waals surface area contributed by atoms with Gasteiger partial charge in [-0.15, -0.1) is 170 Å². The van der Waals surface area contributed by atoms with Gasteiger partial charge < -0.3 is 19.8 Å². The minimum Gasteiger partial charge on any atom is -0.504 e. The second kappa shape index (κ2) is 42.6. The normalized spacial score (nSPS) is 13.1. The van der Waals surface area contributed by atoms with Crippen LogP contribution in [0.2, 0.25) is 0 Å². The van der Waals surface area contributed by atoms with Gasteiger partial charge in [-0.1, -0.05) is 75.7 Å². The fraction of sp³-hybridized carbons (Fsp3) is 0.105. The van der Waals surface area contributed by atoms with Gasteiger partial charge in [-0.3, -0.25) is 9.36 Å². The van der Waals surface area contributed by atoms with Crippen LogP contribution in [0.15, 0.2) is 93.9 Å². The van der Waals surface area contributed by atoms with E-state index in [1.165, 1.54) is 0 Å². The number of rotatable bonds is 21. The largest absolute Gasteiger partial charge is 0.504 e. The highest BCUT2D eigenvalue weighted by molar-refractivity contribution is 9.47. The van der Waals surface area contributed by atoms with Crippen LogP contribution in [0.3, 0.4) is 0 Å². The molecule has 4 heterocycles. The Kier molecular flexibility index (Phi) is 42.5. The molecule has 0 aliphatic heterocycles. The number of aromatic hydroxyl groups is 1. The molecule has 4 aromatic carbocycles. The molecule has 0 fully saturated rings. The smallest absolute Gasteiger partial charge is 0.189 e. The van der Waals surface area contributed by atoms with Crippen LogP contribution < -0.4 is 4.74 Å². The SMILES string of the molecule is C.PP(P)P(P)P(P(P(P)P)P(P)P)P(P(P(P)P)P(P)P)P(P(P(P)P)P(P)P)P(P(P)P)P(P)P.[C-]#[N+]c1ccc2nc(-c3c(O)c(-c4ccc(Br)cc4)nn3C)[nH]c2c1.[C-]#[N+]c1ccc2nc(-c3c(OC)c(-c4ccc(Br)cc4)nn3C)[nH]c2c1. The highest BCUT2D eigenvalue weighted by Gasteiger charge is 2.53. The zero-order chi connectivity index (χ0) is 64.6. The number of H-pyrrole nitrogens is 2. The van der Waals surface area contributed by atoms with Gasteiger partial charge in [0.1, 0.15) is 22.8 Å². The molecule has 22 unspecified atom stereocenters. The van der Waals surface area contributed by atoms with E-state index in [4.69, 9.17) is 17.9 Å². The third-order valence-corrected chi connectivity index (χ3v) is 255. The number of nitrogens with one attached hydrogen (secondary N) is 2. The molecular weight excluding hydrogens is 1900 g/mol. The lowest BCUT2D eigenvalue weighted by Gasteiger charge is -2.54. The molecule has 12 nitrogen and oxygen atoms in total. The van der Waals surface area contributed by atoms with Crippen LogP contribution in [0.5, 0.6) is 11.5 Å². The van der Waals surface area contributed by atoms with Gasteiger partial charge in [0.2, 0.25) is 0 Å². The average molecular weight is 1970 g/mol. The lowest BCUT2D eigenvalue weighted by Crippen LogP contribution is -1.96. The van der Waals surface area contributed by atoms with Crippen LogP contribution in [0, 0.1) is 13.1 Å². The number of aromatic nitrogens is 8. The van der Waals surface area contributed by atoms with E-state index in [1.54, 1.807) is 53.9 Å². The van der Waals surface area contributed by atoms with Gasteiger partial charge in [-0.25, -0.2) is 19.7 Å². The van der Waals surface area contributed by atoms with Crippen LogP contribution in [-0.2, 0) is 14.1 Å².